The van der Waals surface area contributed by atoms with Gasteiger partial charge in [0.15, 0.2) is 8.07 Å². The van der Waals surface area contributed by atoms with Gasteiger partial charge >= 0.3 is 0 Å². The van der Waals surface area contributed by atoms with E-state index in [1.807, 2.05) is 34.0 Å². The zero-order valence-electron chi connectivity index (χ0n) is 26.5. The van der Waals surface area contributed by atoms with Crippen LogP contribution in [-0.4, -0.2) is 18.0 Å². The highest BCUT2D eigenvalue weighted by Crippen LogP contribution is 2.46. The zero-order valence-corrected chi connectivity index (χ0v) is 29.9. The molecule has 0 saturated carbocycles. The minimum atomic E-state index is -2.07. The van der Waals surface area contributed by atoms with Gasteiger partial charge in [-0.05, 0) is 62.2 Å². The number of fused-ring (bicyclic) bond motifs is 3. The molecule has 0 bridgehead atoms. The molecule has 4 heterocycles. The maximum Gasteiger partial charge on any atom is 0.169 e. The molecule has 0 aliphatic carbocycles. The van der Waals surface area contributed by atoms with Gasteiger partial charge in [0, 0.05) is 4.88 Å². The number of thiazole rings is 2. The predicted octanol–water partition coefficient (Wildman–Crippen LogP) is 11.0. The lowest BCUT2D eigenvalue weighted by Crippen LogP contribution is -2.58. The first kappa shape index (κ1) is 32.1. The van der Waals surface area contributed by atoms with E-state index in [9.17, 15) is 0 Å². The Balaban J connectivity index is 1.76. The van der Waals surface area contributed by atoms with Crippen molar-refractivity contribution in [1.82, 2.24) is 9.97 Å². The smallest absolute Gasteiger partial charge is 0.169 e. The van der Waals surface area contributed by atoms with Gasteiger partial charge in [0.1, 0.15) is 5.01 Å². The van der Waals surface area contributed by atoms with Gasteiger partial charge in [0.25, 0.3) is 0 Å². The van der Waals surface area contributed by atoms with Gasteiger partial charge in [0.05, 0.1) is 30.3 Å². The molecule has 222 valence electrons. The maximum atomic E-state index is 5.69. The summed E-state index contributed by atoms with van der Waals surface area (Å²) < 4.78 is 0. The Morgan fingerprint density at radius 3 is 1.90 bits per heavy atom. The molecule has 0 spiro atoms. The summed E-state index contributed by atoms with van der Waals surface area (Å²) >= 11 is 5.94. The SMILES string of the molecule is CCCCCCc1cc(-c2nc3c(s2)-c2sc(C)nc2[Si]3(CC(CC)CCCC)CC(CC)CCCC)sc1C. The second-order valence-corrected chi connectivity index (χ2v) is 19.8. The summed E-state index contributed by atoms with van der Waals surface area (Å²) in [6, 6.07) is 5.20. The number of unbranched alkanes of at least 4 members (excludes halogenated alkanes) is 5. The van der Waals surface area contributed by atoms with Crippen LogP contribution < -0.4 is 10.6 Å². The van der Waals surface area contributed by atoms with Gasteiger partial charge in [-0.3, -0.25) is 4.98 Å². The third-order valence-electron chi connectivity index (χ3n) is 9.37. The Labute approximate surface area is 258 Å². The number of nitrogens with zero attached hydrogens (tertiary/aromatic N) is 2. The first-order valence-corrected chi connectivity index (χ1v) is 21.4. The van der Waals surface area contributed by atoms with Crippen molar-refractivity contribution in [2.75, 3.05) is 0 Å². The largest absolute Gasteiger partial charge is 0.250 e. The second-order valence-electron chi connectivity index (χ2n) is 12.4. The molecule has 0 fully saturated rings. The molecule has 40 heavy (non-hydrogen) atoms. The Morgan fingerprint density at radius 2 is 1.30 bits per heavy atom. The molecule has 6 heteroatoms. The van der Waals surface area contributed by atoms with E-state index in [0.717, 1.165) is 11.8 Å². The van der Waals surface area contributed by atoms with Crippen molar-refractivity contribution in [1.29, 1.82) is 0 Å². The fourth-order valence-corrected chi connectivity index (χ4v) is 17.7. The van der Waals surface area contributed by atoms with Crippen LogP contribution in [0, 0.1) is 25.7 Å². The minimum absolute atomic E-state index is 0.792. The molecule has 0 radical (unpaired) electrons. The fourth-order valence-electron chi connectivity index (χ4n) is 6.88. The molecule has 1 aliphatic rings. The predicted molar refractivity (Wildman–Crippen MR) is 185 cm³/mol. The van der Waals surface area contributed by atoms with Crippen LogP contribution in [0.25, 0.3) is 19.6 Å². The van der Waals surface area contributed by atoms with Crippen LogP contribution >= 0.6 is 34.0 Å². The average molecular weight is 615 g/mol. The number of aryl methyl sites for hydroxylation is 3. The molecule has 3 aromatic rings. The van der Waals surface area contributed by atoms with Crippen molar-refractivity contribution in [3.8, 4) is 19.6 Å². The van der Waals surface area contributed by atoms with E-state index in [-0.39, 0.29) is 0 Å². The molecular weight excluding hydrogens is 561 g/mol. The van der Waals surface area contributed by atoms with E-state index in [4.69, 9.17) is 9.97 Å². The molecule has 0 saturated heterocycles. The van der Waals surface area contributed by atoms with E-state index >= 15 is 0 Å². The Morgan fingerprint density at radius 1 is 0.700 bits per heavy atom. The summed E-state index contributed by atoms with van der Waals surface area (Å²) in [7, 11) is -2.07. The van der Waals surface area contributed by atoms with Gasteiger partial charge in [-0.15, -0.1) is 34.0 Å². The molecule has 2 unspecified atom stereocenters. The molecule has 4 rings (SSSR count). The van der Waals surface area contributed by atoms with Crippen molar-refractivity contribution in [3.63, 3.8) is 0 Å². The van der Waals surface area contributed by atoms with Crippen molar-refractivity contribution in [3.05, 3.63) is 21.5 Å². The van der Waals surface area contributed by atoms with Crippen LogP contribution in [0.5, 0.6) is 0 Å². The van der Waals surface area contributed by atoms with Gasteiger partial charge < -0.3 is 0 Å². The van der Waals surface area contributed by atoms with Crippen molar-refractivity contribution in [2.24, 2.45) is 11.8 Å². The first-order valence-electron chi connectivity index (χ1n) is 16.5. The summed E-state index contributed by atoms with van der Waals surface area (Å²) in [6.45, 7) is 16.4. The molecule has 2 atom stereocenters. The second kappa shape index (κ2) is 15.1. The third-order valence-corrected chi connectivity index (χ3v) is 18.3. The quantitative estimate of drug-likeness (QED) is 0.105. The van der Waals surface area contributed by atoms with E-state index in [2.05, 4.69) is 54.5 Å². The topological polar surface area (TPSA) is 25.8 Å². The van der Waals surface area contributed by atoms with Crippen molar-refractivity contribution in [2.45, 2.75) is 144 Å². The highest BCUT2D eigenvalue weighted by atomic mass is 32.1. The Hall–Kier alpha value is -0.823. The zero-order chi connectivity index (χ0) is 28.7. The molecule has 1 aliphatic heterocycles. The van der Waals surface area contributed by atoms with Crippen LogP contribution in [0.4, 0.5) is 0 Å². The monoisotopic (exact) mass is 614 g/mol. The number of thiophene rings is 1. The summed E-state index contributed by atoms with van der Waals surface area (Å²) in [5.41, 5.74) is 1.56. The van der Waals surface area contributed by atoms with E-state index in [1.165, 1.54) is 136 Å². The van der Waals surface area contributed by atoms with E-state index in [1.54, 1.807) is 5.56 Å². The van der Waals surface area contributed by atoms with Gasteiger partial charge in [0.2, 0.25) is 0 Å². The van der Waals surface area contributed by atoms with Crippen LogP contribution in [0.15, 0.2) is 6.07 Å². The normalized spacial score (nSPS) is 17.8. The average Bonchev–Trinajstić information content (AvgIpc) is 3.70. The van der Waals surface area contributed by atoms with Crippen LogP contribution in [-0.2, 0) is 6.42 Å². The van der Waals surface area contributed by atoms with Gasteiger partial charge in [-0.25, -0.2) is 4.98 Å². The molecular formula is C34H54N2S3Si. The summed E-state index contributed by atoms with van der Waals surface area (Å²) in [5.74, 6) is 1.58. The first-order chi connectivity index (χ1) is 19.4. The number of hydrogen-bond acceptors (Lipinski definition) is 5. The molecule has 0 aromatic carbocycles. The molecule has 2 nitrogen and oxygen atoms in total. The highest BCUT2D eigenvalue weighted by Gasteiger charge is 2.52. The molecule has 0 amide bonds. The summed E-state index contributed by atoms with van der Waals surface area (Å²) in [6.07, 6.45) is 17.1. The fraction of sp³-hybridized carbons (Fsp3) is 0.706. The lowest BCUT2D eigenvalue weighted by molar-refractivity contribution is 0.468. The lowest BCUT2D eigenvalue weighted by Gasteiger charge is -2.33. The van der Waals surface area contributed by atoms with Crippen LogP contribution in [0.3, 0.4) is 0 Å². The Kier molecular flexibility index (Phi) is 12.1. The molecule has 3 aromatic heterocycles. The van der Waals surface area contributed by atoms with Gasteiger partial charge in [-0.1, -0.05) is 105 Å². The Bertz CT molecular complexity index is 1190. The number of aromatic nitrogens is 2. The minimum Gasteiger partial charge on any atom is -0.250 e. The standard InChI is InChI=1S/C34H54N2S3Si/c1-8-13-16-17-20-28-21-29(37-24(28)6)32-36-34-31(39-32)30-33(35-25(7)38-30)40(34,22-26(11-4)18-14-9-2)23-27(12-5)19-15-10-3/h21,26-27H,8-20,22-23H2,1-7H3. The van der Waals surface area contributed by atoms with Crippen molar-refractivity contribution >= 4 is 52.7 Å². The van der Waals surface area contributed by atoms with E-state index < -0.39 is 8.07 Å². The highest BCUT2D eigenvalue weighted by molar-refractivity contribution is 7.31. The van der Waals surface area contributed by atoms with Gasteiger partial charge in [-0.2, -0.15) is 0 Å². The third kappa shape index (κ3) is 7.03. The summed E-state index contributed by atoms with van der Waals surface area (Å²) in [4.78, 5) is 17.0. The maximum absolute atomic E-state index is 5.69. The van der Waals surface area contributed by atoms with Crippen LogP contribution in [0.1, 0.15) is 127 Å². The van der Waals surface area contributed by atoms with Crippen LogP contribution in [0.2, 0.25) is 12.1 Å². The molecule has 0 N–H and O–H groups in total. The van der Waals surface area contributed by atoms with E-state index in [0.29, 0.717) is 0 Å². The lowest BCUT2D eigenvalue weighted by atomic mass is 10.0. The summed E-state index contributed by atoms with van der Waals surface area (Å²) in [5, 5.41) is 5.60. The number of rotatable bonds is 18. The number of hydrogen-bond donors (Lipinski definition) is 0. The van der Waals surface area contributed by atoms with Crippen molar-refractivity contribution < 1.29 is 0 Å².